The van der Waals surface area contributed by atoms with E-state index in [1.54, 1.807) is 18.3 Å². The highest BCUT2D eigenvalue weighted by Gasteiger charge is 2.28. The third-order valence-corrected chi connectivity index (χ3v) is 7.07. The Balaban J connectivity index is 1.49. The van der Waals surface area contributed by atoms with Crippen molar-refractivity contribution in [3.8, 4) is 23.0 Å². The first-order chi connectivity index (χ1) is 17.4. The van der Waals surface area contributed by atoms with E-state index in [2.05, 4.69) is 15.3 Å². The number of aliphatic hydroxyl groups is 1. The van der Waals surface area contributed by atoms with Gasteiger partial charge < -0.3 is 15.2 Å². The smallest absolute Gasteiger partial charge is 0.234 e. The number of amides is 1. The maximum Gasteiger partial charge on any atom is 0.234 e. The molecule has 0 saturated heterocycles. The van der Waals surface area contributed by atoms with E-state index in [0.29, 0.717) is 45.2 Å². The van der Waals surface area contributed by atoms with Gasteiger partial charge in [0.25, 0.3) is 0 Å². The van der Waals surface area contributed by atoms with Crippen molar-refractivity contribution in [3.63, 3.8) is 0 Å². The normalized spacial score (nSPS) is 11.9. The van der Waals surface area contributed by atoms with Crippen LogP contribution in [0.1, 0.15) is 27.9 Å². The summed E-state index contributed by atoms with van der Waals surface area (Å²) in [6.07, 6.45) is 2.12. The highest BCUT2D eigenvalue weighted by atomic mass is 35.5. The molecule has 182 valence electrons. The van der Waals surface area contributed by atoms with Gasteiger partial charge in [0.05, 0.1) is 23.6 Å². The van der Waals surface area contributed by atoms with E-state index in [9.17, 15) is 9.90 Å². The van der Waals surface area contributed by atoms with Gasteiger partial charge in [0.15, 0.2) is 11.6 Å². The molecule has 0 unspecified atom stereocenters. The van der Waals surface area contributed by atoms with Crippen molar-refractivity contribution in [3.05, 3.63) is 87.7 Å². The van der Waals surface area contributed by atoms with Crippen molar-refractivity contribution >= 4 is 35.0 Å². The van der Waals surface area contributed by atoms with Crippen molar-refractivity contribution in [2.45, 2.75) is 31.9 Å². The summed E-state index contributed by atoms with van der Waals surface area (Å²) >= 11 is 7.53. The molecule has 0 aliphatic carbocycles. The third-order valence-electron chi connectivity index (χ3n) is 5.82. The van der Waals surface area contributed by atoms with Crippen molar-refractivity contribution in [2.75, 3.05) is 11.1 Å². The summed E-state index contributed by atoms with van der Waals surface area (Å²) in [6, 6.07) is 14.9. The number of rotatable bonds is 6. The minimum atomic E-state index is -0.156. The predicted octanol–water partition coefficient (Wildman–Crippen LogP) is 5.73. The molecule has 0 saturated carbocycles. The van der Waals surface area contributed by atoms with Gasteiger partial charge >= 0.3 is 0 Å². The van der Waals surface area contributed by atoms with E-state index >= 15 is 0 Å². The van der Waals surface area contributed by atoms with Crippen LogP contribution < -0.4 is 10.1 Å². The molecular formula is C27H23ClN4O3S. The Bertz CT molecular complexity index is 1460. The third kappa shape index (κ3) is 5.06. The van der Waals surface area contributed by atoms with Gasteiger partial charge in [0.2, 0.25) is 11.8 Å². The molecule has 36 heavy (non-hydrogen) atoms. The van der Waals surface area contributed by atoms with Crippen LogP contribution in [0.15, 0.2) is 59.8 Å². The maximum atomic E-state index is 12.7. The van der Waals surface area contributed by atoms with Crippen molar-refractivity contribution in [1.82, 2.24) is 15.0 Å². The number of pyridine rings is 1. The fourth-order valence-electron chi connectivity index (χ4n) is 3.94. The number of hydrogen-bond donors (Lipinski definition) is 2. The van der Waals surface area contributed by atoms with Crippen LogP contribution in [-0.2, 0) is 17.8 Å². The molecule has 3 heterocycles. The molecule has 0 fully saturated rings. The molecule has 4 aromatic rings. The number of ether oxygens (including phenoxy) is 1. The molecule has 5 rings (SSSR count). The number of carbonyl (C=O) groups is 1. The predicted molar refractivity (Wildman–Crippen MR) is 141 cm³/mol. The van der Waals surface area contributed by atoms with Crippen LogP contribution in [0.2, 0.25) is 5.02 Å². The average molecular weight is 519 g/mol. The number of aromatic nitrogens is 3. The minimum absolute atomic E-state index is 0.145. The fraction of sp³-hybridized carbons (Fsp3) is 0.185. The lowest BCUT2D eigenvalue weighted by atomic mass is 9.99. The zero-order valence-corrected chi connectivity index (χ0v) is 21.3. The van der Waals surface area contributed by atoms with Gasteiger partial charge in [0.1, 0.15) is 5.03 Å². The van der Waals surface area contributed by atoms with E-state index < -0.39 is 0 Å². The molecule has 2 N–H and O–H groups in total. The number of thioether (sulfide) groups is 1. The summed E-state index contributed by atoms with van der Waals surface area (Å²) < 4.78 is 6.23. The molecule has 1 aliphatic heterocycles. The Morgan fingerprint density at radius 3 is 2.69 bits per heavy atom. The first-order valence-electron chi connectivity index (χ1n) is 11.3. The molecule has 0 atom stereocenters. The number of aliphatic hydroxyl groups excluding tert-OH is 1. The van der Waals surface area contributed by atoms with Crippen molar-refractivity contribution in [1.29, 1.82) is 0 Å². The van der Waals surface area contributed by atoms with Crippen LogP contribution in [0.4, 0.5) is 5.69 Å². The summed E-state index contributed by atoms with van der Waals surface area (Å²) in [6.45, 7) is 3.70. The van der Waals surface area contributed by atoms with Gasteiger partial charge in [-0.15, -0.1) is 0 Å². The zero-order valence-electron chi connectivity index (χ0n) is 19.7. The standard InChI is InChI=1S/C27H23ClN4O3S/c1-15-6-8-20(9-7-15)30-23(34)14-36-27-22-11-21-18(13-33)12-29-16(2)24(21)35-26(22)31-25(32-27)17-4-3-5-19(28)10-17/h3-10,12,33H,11,13-14H2,1-2H3,(H,30,34). The van der Waals surface area contributed by atoms with Crippen LogP contribution in [-0.4, -0.2) is 31.7 Å². The van der Waals surface area contributed by atoms with Crippen LogP contribution in [0.3, 0.4) is 0 Å². The monoisotopic (exact) mass is 518 g/mol. The molecule has 1 aliphatic rings. The molecule has 2 aromatic carbocycles. The Hall–Kier alpha value is -3.46. The van der Waals surface area contributed by atoms with E-state index in [1.165, 1.54) is 11.8 Å². The largest absolute Gasteiger partial charge is 0.436 e. The summed E-state index contributed by atoms with van der Waals surface area (Å²) in [5.74, 6) is 1.46. The highest BCUT2D eigenvalue weighted by molar-refractivity contribution is 8.00. The number of aryl methyl sites for hydroxylation is 2. The highest BCUT2D eigenvalue weighted by Crippen LogP contribution is 2.42. The van der Waals surface area contributed by atoms with Crippen molar-refractivity contribution in [2.24, 2.45) is 0 Å². The molecule has 7 nitrogen and oxygen atoms in total. The summed E-state index contributed by atoms with van der Waals surface area (Å²) in [5.41, 5.74) is 5.62. The molecule has 9 heteroatoms. The number of carbonyl (C=O) groups excluding carboxylic acids is 1. The molecule has 0 spiro atoms. The van der Waals surface area contributed by atoms with E-state index in [4.69, 9.17) is 21.3 Å². The second-order valence-electron chi connectivity index (χ2n) is 8.46. The van der Waals surface area contributed by atoms with Gasteiger partial charge in [-0.1, -0.05) is 53.2 Å². The van der Waals surface area contributed by atoms with Gasteiger partial charge in [-0.25, -0.2) is 4.98 Å². The Morgan fingerprint density at radius 1 is 1.14 bits per heavy atom. The number of halogens is 1. The Morgan fingerprint density at radius 2 is 1.94 bits per heavy atom. The number of fused-ring (bicyclic) bond motifs is 2. The first-order valence-corrected chi connectivity index (χ1v) is 12.7. The molecule has 2 aromatic heterocycles. The second-order valence-corrected chi connectivity index (χ2v) is 9.86. The number of hydrogen-bond acceptors (Lipinski definition) is 7. The molecule has 0 radical (unpaired) electrons. The summed E-state index contributed by atoms with van der Waals surface area (Å²) in [4.78, 5) is 26.5. The first kappa shape index (κ1) is 24.2. The Kier molecular flexibility index (Phi) is 6.91. The summed E-state index contributed by atoms with van der Waals surface area (Å²) in [5, 5.41) is 14.0. The molecule has 0 bridgehead atoms. The van der Waals surface area contributed by atoms with Crippen LogP contribution in [0.5, 0.6) is 11.6 Å². The van der Waals surface area contributed by atoms with Gasteiger partial charge in [-0.3, -0.25) is 9.78 Å². The SMILES string of the molecule is Cc1ccc(NC(=O)CSc2nc(-c3cccc(Cl)c3)nc3c2Cc2c(CO)cnc(C)c2O3)cc1. The topological polar surface area (TPSA) is 97.2 Å². The maximum absolute atomic E-state index is 12.7. The van der Waals surface area contributed by atoms with E-state index in [1.807, 2.05) is 50.2 Å². The number of anilines is 1. The van der Waals surface area contributed by atoms with Crippen molar-refractivity contribution < 1.29 is 14.6 Å². The number of nitrogens with zero attached hydrogens (tertiary/aromatic N) is 3. The minimum Gasteiger partial charge on any atom is -0.436 e. The van der Waals surface area contributed by atoms with Gasteiger partial charge in [-0.2, -0.15) is 4.98 Å². The van der Waals surface area contributed by atoms with Gasteiger partial charge in [0, 0.05) is 40.0 Å². The molecular weight excluding hydrogens is 496 g/mol. The van der Waals surface area contributed by atoms with E-state index in [0.717, 1.165) is 27.9 Å². The van der Waals surface area contributed by atoms with Crippen LogP contribution in [0.25, 0.3) is 11.4 Å². The lowest BCUT2D eigenvalue weighted by Crippen LogP contribution is -2.16. The summed E-state index contributed by atoms with van der Waals surface area (Å²) in [7, 11) is 0. The Labute approximate surface area is 217 Å². The lowest BCUT2D eigenvalue weighted by molar-refractivity contribution is -0.113. The molecule has 1 amide bonds. The number of nitrogens with one attached hydrogen (secondary N) is 1. The second kappa shape index (κ2) is 10.3. The zero-order chi connectivity index (χ0) is 25.2. The average Bonchev–Trinajstić information content (AvgIpc) is 2.88. The lowest BCUT2D eigenvalue weighted by Gasteiger charge is -2.24. The van der Waals surface area contributed by atoms with Crippen LogP contribution in [0, 0.1) is 13.8 Å². The van der Waals surface area contributed by atoms with E-state index in [-0.39, 0.29) is 18.3 Å². The fourth-order valence-corrected chi connectivity index (χ4v) is 4.95. The number of benzene rings is 2. The van der Waals surface area contributed by atoms with Gasteiger partial charge in [-0.05, 0) is 38.1 Å². The van der Waals surface area contributed by atoms with Crippen LogP contribution >= 0.6 is 23.4 Å². The quantitative estimate of drug-likeness (QED) is 0.219.